The number of ether oxygens (including phenoxy) is 2. The van der Waals surface area contributed by atoms with Crippen LogP contribution in [0.5, 0.6) is 0 Å². The van der Waals surface area contributed by atoms with Gasteiger partial charge in [0.15, 0.2) is 0 Å². The Hall–Kier alpha value is -0.160. The van der Waals surface area contributed by atoms with Crippen molar-refractivity contribution in [3.63, 3.8) is 0 Å². The topological polar surface area (TPSA) is 41.9 Å². The number of aliphatic hydroxyl groups excluding tert-OH is 1. The van der Waals surface area contributed by atoms with E-state index in [2.05, 4.69) is 11.8 Å². The van der Waals surface area contributed by atoms with Crippen LogP contribution in [0.25, 0.3) is 0 Å². The Balaban J connectivity index is 1.82. The van der Waals surface area contributed by atoms with Crippen molar-refractivity contribution in [3.05, 3.63) is 0 Å². The zero-order valence-electron chi connectivity index (χ0n) is 9.39. The first kappa shape index (κ1) is 11.3. The maximum atomic E-state index is 9.08. The van der Waals surface area contributed by atoms with Crippen LogP contribution in [0.4, 0.5) is 0 Å². The van der Waals surface area contributed by atoms with Gasteiger partial charge in [-0.05, 0) is 19.3 Å². The second-order valence-corrected chi connectivity index (χ2v) is 4.67. The molecular formula is C11H21NO3. The van der Waals surface area contributed by atoms with Gasteiger partial charge in [-0.1, -0.05) is 0 Å². The summed E-state index contributed by atoms with van der Waals surface area (Å²) in [5.41, 5.74) is 0. The van der Waals surface area contributed by atoms with E-state index in [0.29, 0.717) is 12.0 Å². The first-order chi connectivity index (χ1) is 7.29. The van der Waals surface area contributed by atoms with E-state index in [-0.39, 0.29) is 12.7 Å². The minimum Gasteiger partial charge on any atom is -0.394 e. The SMILES string of the molecule is CC1COC(CO)CN1CC1CCOC1. The van der Waals surface area contributed by atoms with Gasteiger partial charge in [-0.15, -0.1) is 0 Å². The van der Waals surface area contributed by atoms with Crippen molar-refractivity contribution in [3.8, 4) is 0 Å². The lowest BCUT2D eigenvalue weighted by molar-refractivity contribution is -0.0815. The van der Waals surface area contributed by atoms with E-state index in [1.807, 2.05) is 0 Å². The molecule has 2 rings (SSSR count). The molecule has 2 heterocycles. The number of hydrogen-bond acceptors (Lipinski definition) is 4. The van der Waals surface area contributed by atoms with Crippen molar-refractivity contribution in [1.82, 2.24) is 4.90 Å². The summed E-state index contributed by atoms with van der Waals surface area (Å²) >= 11 is 0. The first-order valence-corrected chi connectivity index (χ1v) is 5.84. The highest BCUT2D eigenvalue weighted by molar-refractivity contribution is 4.80. The predicted molar refractivity (Wildman–Crippen MR) is 56.8 cm³/mol. The molecule has 0 aromatic rings. The van der Waals surface area contributed by atoms with Crippen LogP contribution < -0.4 is 0 Å². The van der Waals surface area contributed by atoms with E-state index in [1.54, 1.807) is 0 Å². The number of hydrogen-bond donors (Lipinski definition) is 1. The van der Waals surface area contributed by atoms with Gasteiger partial charge in [0.2, 0.25) is 0 Å². The van der Waals surface area contributed by atoms with Gasteiger partial charge < -0.3 is 14.6 Å². The number of nitrogens with zero attached hydrogens (tertiary/aromatic N) is 1. The Kier molecular flexibility index (Phi) is 3.97. The third-order valence-corrected chi connectivity index (χ3v) is 3.35. The smallest absolute Gasteiger partial charge is 0.0933 e. The van der Waals surface area contributed by atoms with Crippen LogP contribution in [0, 0.1) is 5.92 Å². The summed E-state index contributed by atoms with van der Waals surface area (Å²) in [5, 5.41) is 9.08. The Bertz CT molecular complexity index is 194. The Morgan fingerprint density at radius 1 is 1.40 bits per heavy atom. The summed E-state index contributed by atoms with van der Waals surface area (Å²) < 4.78 is 10.9. The quantitative estimate of drug-likeness (QED) is 0.725. The van der Waals surface area contributed by atoms with Crippen molar-refractivity contribution in [1.29, 1.82) is 0 Å². The summed E-state index contributed by atoms with van der Waals surface area (Å²) in [7, 11) is 0. The largest absolute Gasteiger partial charge is 0.394 e. The average Bonchev–Trinajstić information content (AvgIpc) is 2.74. The number of morpholine rings is 1. The molecule has 0 saturated carbocycles. The number of rotatable bonds is 3. The Morgan fingerprint density at radius 3 is 2.93 bits per heavy atom. The third kappa shape index (κ3) is 2.91. The molecule has 0 radical (unpaired) electrons. The van der Waals surface area contributed by atoms with Gasteiger partial charge in [0.05, 0.1) is 25.9 Å². The number of aliphatic hydroxyl groups is 1. The van der Waals surface area contributed by atoms with Gasteiger partial charge in [0, 0.05) is 25.7 Å². The molecule has 0 bridgehead atoms. The fourth-order valence-corrected chi connectivity index (χ4v) is 2.30. The fourth-order valence-electron chi connectivity index (χ4n) is 2.30. The minimum atomic E-state index is 0.00326. The highest BCUT2D eigenvalue weighted by atomic mass is 16.5. The molecule has 15 heavy (non-hydrogen) atoms. The normalized spacial score (nSPS) is 38.4. The summed E-state index contributed by atoms with van der Waals surface area (Å²) in [5.74, 6) is 0.671. The first-order valence-electron chi connectivity index (χ1n) is 5.84. The van der Waals surface area contributed by atoms with Gasteiger partial charge in [0.25, 0.3) is 0 Å². The van der Waals surface area contributed by atoms with Gasteiger partial charge in [-0.25, -0.2) is 0 Å². The molecule has 1 N–H and O–H groups in total. The van der Waals surface area contributed by atoms with Crippen molar-refractivity contribution in [2.24, 2.45) is 5.92 Å². The highest BCUT2D eigenvalue weighted by Gasteiger charge is 2.28. The second kappa shape index (κ2) is 5.25. The molecule has 3 atom stereocenters. The van der Waals surface area contributed by atoms with Gasteiger partial charge >= 0.3 is 0 Å². The summed E-state index contributed by atoms with van der Waals surface area (Å²) in [4.78, 5) is 2.42. The molecule has 2 fully saturated rings. The summed E-state index contributed by atoms with van der Waals surface area (Å²) in [6.07, 6.45) is 1.18. The van der Waals surface area contributed by atoms with Crippen LogP contribution >= 0.6 is 0 Å². The van der Waals surface area contributed by atoms with E-state index >= 15 is 0 Å². The minimum absolute atomic E-state index is 0.00326. The predicted octanol–water partition coefficient (Wildman–Crippen LogP) is 0.104. The Morgan fingerprint density at radius 2 is 2.27 bits per heavy atom. The molecule has 2 aliphatic heterocycles. The van der Waals surface area contributed by atoms with E-state index in [1.165, 1.54) is 6.42 Å². The molecule has 0 aliphatic carbocycles. The van der Waals surface area contributed by atoms with Crippen LogP contribution in [-0.2, 0) is 9.47 Å². The zero-order valence-corrected chi connectivity index (χ0v) is 9.39. The fraction of sp³-hybridized carbons (Fsp3) is 1.00. The monoisotopic (exact) mass is 215 g/mol. The molecule has 0 spiro atoms. The van der Waals surface area contributed by atoms with E-state index in [4.69, 9.17) is 14.6 Å². The molecular weight excluding hydrogens is 194 g/mol. The molecule has 2 aliphatic rings. The van der Waals surface area contributed by atoms with Crippen molar-refractivity contribution in [2.75, 3.05) is 39.5 Å². The Labute approximate surface area is 91.2 Å². The van der Waals surface area contributed by atoms with Gasteiger partial charge in [0.1, 0.15) is 0 Å². The highest BCUT2D eigenvalue weighted by Crippen LogP contribution is 2.18. The van der Waals surface area contributed by atoms with E-state index < -0.39 is 0 Å². The van der Waals surface area contributed by atoms with E-state index in [9.17, 15) is 0 Å². The van der Waals surface area contributed by atoms with Crippen molar-refractivity contribution in [2.45, 2.75) is 25.5 Å². The lowest BCUT2D eigenvalue weighted by Gasteiger charge is -2.38. The summed E-state index contributed by atoms with van der Waals surface area (Å²) in [6.45, 7) is 6.79. The molecule has 0 amide bonds. The van der Waals surface area contributed by atoms with Crippen LogP contribution in [-0.4, -0.2) is 61.7 Å². The molecule has 4 heteroatoms. The second-order valence-electron chi connectivity index (χ2n) is 4.67. The molecule has 0 aromatic carbocycles. The van der Waals surface area contributed by atoms with Crippen molar-refractivity contribution >= 4 is 0 Å². The molecule has 4 nitrogen and oxygen atoms in total. The van der Waals surface area contributed by atoms with Gasteiger partial charge in [-0.2, -0.15) is 0 Å². The lowest BCUT2D eigenvalue weighted by atomic mass is 10.1. The van der Waals surface area contributed by atoms with E-state index in [0.717, 1.165) is 32.9 Å². The lowest BCUT2D eigenvalue weighted by Crippen LogP contribution is -2.50. The van der Waals surface area contributed by atoms with Crippen molar-refractivity contribution < 1.29 is 14.6 Å². The van der Waals surface area contributed by atoms with Crippen LogP contribution in [0.15, 0.2) is 0 Å². The maximum Gasteiger partial charge on any atom is 0.0933 e. The van der Waals surface area contributed by atoms with Crippen LogP contribution in [0.3, 0.4) is 0 Å². The van der Waals surface area contributed by atoms with Crippen LogP contribution in [0.1, 0.15) is 13.3 Å². The standard InChI is InChI=1S/C11H21NO3/c1-9-7-15-11(6-13)5-12(9)4-10-2-3-14-8-10/h9-11,13H,2-8H2,1H3. The zero-order chi connectivity index (χ0) is 10.7. The third-order valence-electron chi connectivity index (χ3n) is 3.35. The molecule has 88 valence electrons. The van der Waals surface area contributed by atoms with Gasteiger partial charge in [-0.3, -0.25) is 4.90 Å². The summed E-state index contributed by atoms with van der Waals surface area (Å²) in [6, 6.07) is 0.466. The molecule has 0 aromatic heterocycles. The average molecular weight is 215 g/mol. The molecule has 3 unspecified atom stereocenters. The molecule has 2 saturated heterocycles. The van der Waals surface area contributed by atoms with Crippen LogP contribution in [0.2, 0.25) is 0 Å². The maximum absolute atomic E-state index is 9.08.